The molecule has 1 atom stereocenters. The number of allylic oxidation sites excluding steroid dienone is 4. The number of rotatable bonds is 49. The van der Waals surface area contributed by atoms with Gasteiger partial charge in [0.05, 0.1) is 6.61 Å². The van der Waals surface area contributed by atoms with Crippen LogP contribution in [0, 0.1) is 0 Å². The first-order valence-corrected chi connectivity index (χ1v) is 26.4. The van der Waals surface area contributed by atoms with E-state index in [1.54, 1.807) is 0 Å². The summed E-state index contributed by atoms with van der Waals surface area (Å²) in [4.78, 5) is 24.4. The number of aliphatic hydroxyl groups is 1. The third-order valence-electron chi connectivity index (χ3n) is 12.0. The zero-order chi connectivity index (χ0) is 42.8. The molecule has 0 aromatic heterocycles. The first kappa shape index (κ1) is 57.4. The number of hydrogen-bond acceptors (Lipinski definition) is 5. The predicted octanol–water partition coefficient (Wildman–Crippen LogP) is 17.4. The number of ether oxygens (including phenoxy) is 2. The largest absolute Gasteiger partial charge is 0.462 e. The van der Waals surface area contributed by atoms with Crippen molar-refractivity contribution < 1.29 is 24.2 Å². The van der Waals surface area contributed by atoms with Crippen molar-refractivity contribution in [2.75, 3.05) is 13.2 Å². The number of unbranched alkanes of at least 4 members (excludes halogenated alkanes) is 37. The van der Waals surface area contributed by atoms with E-state index in [1.807, 2.05) is 0 Å². The normalized spacial score (nSPS) is 12.3. The van der Waals surface area contributed by atoms with E-state index in [0.717, 1.165) is 38.5 Å². The van der Waals surface area contributed by atoms with E-state index >= 15 is 0 Å². The Labute approximate surface area is 368 Å². The molecule has 0 aromatic rings. The van der Waals surface area contributed by atoms with E-state index in [1.165, 1.54) is 218 Å². The third kappa shape index (κ3) is 48.9. The average molecular weight is 831 g/mol. The molecule has 0 aromatic carbocycles. The lowest BCUT2D eigenvalue weighted by Crippen LogP contribution is -2.28. The molecule has 0 rings (SSSR count). The molecule has 348 valence electrons. The van der Waals surface area contributed by atoms with Gasteiger partial charge in [-0.15, -0.1) is 0 Å². The molecule has 0 aliphatic carbocycles. The van der Waals surface area contributed by atoms with Gasteiger partial charge in [-0.05, 0) is 44.9 Å². The first-order chi connectivity index (χ1) is 29.1. The fraction of sp³-hybridized carbons (Fsp3) is 0.889. The molecule has 0 saturated carbocycles. The lowest BCUT2D eigenvalue weighted by molar-refractivity contribution is -0.161. The lowest BCUT2D eigenvalue weighted by atomic mass is 10.0. The van der Waals surface area contributed by atoms with Crippen LogP contribution in [0.15, 0.2) is 24.3 Å². The number of esters is 2. The Balaban J connectivity index is 3.49. The molecule has 0 bridgehead atoms. The summed E-state index contributed by atoms with van der Waals surface area (Å²) in [6.45, 7) is 4.16. The van der Waals surface area contributed by atoms with Crippen LogP contribution in [-0.4, -0.2) is 36.4 Å². The predicted molar refractivity (Wildman–Crippen MR) is 256 cm³/mol. The van der Waals surface area contributed by atoms with Crippen LogP contribution in [0.5, 0.6) is 0 Å². The average Bonchev–Trinajstić information content (AvgIpc) is 3.24. The molecule has 0 aliphatic rings. The van der Waals surface area contributed by atoms with Crippen LogP contribution in [0.3, 0.4) is 0 Å². The van der Waals surface area contributed by atoms with Gasteiger partial charge in [0.15, 0.2) is 6.10 Å². The second-order valence-corrected chi connectivity index (χ2v) is 17.9. The van der Waals surface area contributed by atoms with Gasteiger partial charge in [0.2, 0.25) is 0 Å². The highest BCUT2D eigenvalue weighted by Crippen LogP contribution is 2.17. The standard InChI is InChI=1S/C54H102O5/c1-3-5-7-9-11-13-15-17-19-21-23-25-27-29-31-33-35-37-39-41-43-45-47-49-54(57)59-52(50-55)51-58-53(56)48-46-44-42-40-38-36-34-32-30-28-26-24-22-20-18-16-14-12-10-8-6-4-2/h33,35,41,43,52,55H,3-32,34,36-40,42,44-51H2,1-2H3/b35-33+,43-41+/t52-/m0/s1. The van der Waals surface area contributed by atoms with Crippen molar-refractivity contribution in [2.45, 2.75) is 296 Å². The van der Waals surface area contributed by atoms with Gasteiger partial charge in [0.1, 0.15) is 6.61 Å². The van der Waals surface area contributed by atoms with E-state index < -0.39 is 6.10 Å². The van der Waals surface area contributed by atoms with E-state index in [0.29, 0.717) is 19.3 Å². The van der Waals surface area contributed by atoms with Crippen molar-refractivity contribution in [3.63, 3.8) is 0 Å². The SMILES string of the molecule is CCCCCCCCCCCCCCCC/C=C/CC/C=C/CCCC(=O)O[C@@H](CO)COC(=O)CCCCCCCCCCCCCCCCCCCCCCCC. The Kier molecular flexibility index (Phi) is 49.3. The van der Waals surface area contributed by atoms with Crippen molar-refractivity contribution in [2.24, 2.45) is 0 Å². The highest BCUT2D eigenvalue weighted by molar-refractivity contribution is 5.70. The summed E-state index contributed by atoms with van der Waals surface area (Å²) in [7, 11) is 0. The maximum Gasteiger partial charge on any atom is 0.306 e. The molecular formula is C54H102O5. The summed E-state index contributed by atoms with van der Waals surface area (Å²) in [5.74, 6) is -0.623. The van der Waals surface area contributed by atoms with Crippen LogP contribution in [0.25, 0.3) is 0 Å². The van der Waals surface area contributed by atoms with E-state index in [2.05, 4.69) is 38.2 Å². The van der Waals surface area contributed by atoms with Crippen LogP contribution < -0.4 is 0 Å². The van der Waals surface area contributed by atoms with Crippen molar-refractivity contribution in [1.29, 1.82) is 0 Å². The molecule has 0 spiro atoms. The quantitative estimate of drug-likeness (QED) is 0.0376. The molecule has 1 N–H and O–H groups in total. The second-order valence-electron chi connectivity index (χ2n) is 17.9. The van der Waals surface area contributed by atoms with Gasteiger partial charge in [0.25, 0.3) is 0 Å². The minimum Gasteiger partial charge on any atom is -0.462 e. The van der Waals surface area contributed by atoms with E-state index in [4.69, 9.17) is 9.47 Å². The minimum atomic E-state index is -0.789. The molecule has 0 heterocycles. The van der Waals surface area contributed by atoms with Crippen LogP contribution in [-0.2, 0) is 19.1 Å². The van der Waals surface area contributed by atoms with Gasteiger partial charge in [0, 0.05) is 12.8 Å². The van der Waals surface area contributed by atoms with Crippen molar-refractivity contribution in [3.05, 3.63) is 24.3 Å². The fourth-order valence-corrected chi connectivity index (χ4v) is 7.99. The summed E-state index contributed by atoms with van der Waals surface area (Å²) < 4.78 is 10.7. The highest BCUT2D eigenvalue weighted by atomic mass is 16.6. The number of aliphatic hydroxyl groups excluding tert-OH is 1. The molecule has 0 aliphatic heterocycles. The minimum absolute atomic E-state index is 0.0762. The summed E-state index contributed by atoms with van der Waals surface area (Å²) >= 11 is 0. The molecule has 59 heavy (non-hydrogen) atoms. The molecule has 0 saturated heterocycles. The van der Waals surface area contributed by atoms with Crippen LogP contribution in [0.4, 0.5) is 0 Å². The van der Waals surface area contributed by atoms with Crippen LogP contribution >= 0.6 is 0 Å². The highest BCUT2D eigenvalue weighted by Gasteiger charge is 2.16. The van der Waals surface area contributed by atoms with Gasteiger partial charge in [-0.25, -0.2) is 0 Å². The fourth-order valence-electron chi connectivity index (χ4n) is 7.99. The Morgan fingerprint density at radius 3 is 1.02 bits per heavy atom. The second kappa shape index (κ2) is 50.7. The van der Waals surface area contributed by atoms with Gasteiger partial charge in [-0.1, -0.05) is 256 Å². The molecule has 5 heteroatoms. The molecule has 0 radical (unpaired) electrons. The topological polar surface area (TPSA) is 72.8 Å². The molecule has 0 fully saturated rings. The van der Waals surface area contributed by atoms with Crippen molar-refractivity contribution in [3.8, 4) is 0 Å². The van der Waals surface area contributed by atoms with Crippen molar-refractivity contribution >= 4 is 11.9 Å². The zero-order valence-corrected chi connectivity index (χ0v) is 39.8. The maximum absolute atomic E-state index is 12.2. The Morgan fingerprint density at radius 2 is 0.661 bits per heavy atom. The smallest absolute Gasteiger partial charge is 0.306 e. The van der Waals surface area contributed by atoms with Gasteiger partial charge < -0.3 is 14.6 Å². The Morgan fingerprint density at radius 1 is 0.373 bits per heavy atom. The van der Waals surface area contributed by atoms with Crippen LogP contribution in [0.2, 0.25) is 0 Å². The summed E-state index contributed by atoms with van der Waals surface area (Å²) in [5.41, 5.74) is 0. The molecule has 0 amide bonds. The Hall–Kier alpha value is -1.62. The monoisotopic (exact) mass is 831 g/mol. The summed E-state index contributed by atoms with van der Waals surface area (Å²) in [5, 5.41) is 9.62. The lowest BCUT2D eigenvalue weighted by Gasteiger charge is -2.15. The van der Waals surface area contributed by atoms with E-state index in [-0.39, 0.29) is 25.2 Å². The van der Waals surface area contributed by atoms with Gasteiger partial charge >= 0.3 is 11.9 Å². The molecule has 0 unspecified atom stereocenters. The maximum atomic E-state index is 12.2. The number of carbonyl (C=O) groups excluding carboxylic acids is 2. The molecule has 5 nitrogen and oxygen atoms in total. The van der Waals surface area contributed by atoms with Gasteiger partial charge in [-0.2, -0.15) is 0 Å². The number of carbonyl (C=O) groups is 2. The zero-order valence-electron chi connectivity index (χ0n) is 39.8. The number of hydrogen-bond donors (Lipinski definition) is 1. The van der Waals surface area contributed by atoms with Crippen molar-refractivity contribution in [1.82, 2.24) is 0 Å². The van der Waals surface area contributed by atoms with Gasteiger partial charge in [-0.3, -0.25) is 9.59 Å². The molecular weight excluding hydrogens is 729 g/mol. The third-order valence-corrected chi connectivity index (χ3v) is 12.0. The van der Waals surface area contributed by atoms with Crippen LogP contribution in [0.1, 0.15) is 290 Å². The summed E-state index contributed by atoms with van der Waals surface area (Å²) in [6, 6.07) is 0. The van der Waals surface area contributed by atoms with E-state index in [9.17, 15) is 14.7 Å². The Bertz CT molecular complexity index is 897. The summed E-state index contributed by atoms with van der Waals surface area (Å²) in [6.07, 6.45) is 62.9. The first-order valence-electron chi connectivity index (χ1n) is 26.4.